The van der Waals surface area contributed by atoms with E-state index in [1.54, 1.807) is 24.1 Å². The summed E-state index contributed by atoms with van der Waals surface area (Å²) in [6.07, 6.45) is 4.36. The van der Waals surface area contributed by atoms with E-state index in [0.717, 1.165) is 5.69 Å². The summed E-state index contributed by atoms with van der Waals surface area (Å²) in [4.78, 5) is 14.6. The minimum atomic E-state index is -3.06. The standard InChI is InChI=1S/C18H22N2O4S/c1-24-12-11-20(17-8-13-25(22,23)14-17)18(21)15-4-6-16(7-5-15)19-9-2-3-10-19/h2-7,9-10,17H,8,11-14H2,1H3. The number of aromatic nitrogens is 1. The summed E-state index contributed by atoms with van der Waals surface area (Å²) in [5.41, 5.74) is 1.52. The third-order valence-electron chi connectivity index (χ3n) is 4.46. The molecule has 0 spiro atoms. The molecule has 0 bridgehead atoms. The SMILES string of the molecule is COCCN(C(=O)c1ccc(-n2cccc2)cc1)C1CCS(=O)(=O)C1. The van der Waals surface area contributed by atoms with E-state index in [9.17, 15) is 13.2 Å². The van der Waals surface area contributed by atoms with Crippen LogP contribution in [0.2, 0.25) is 0 Å². The van der Waals surface area contributed by atoms with E-state index in [2.05, 4.69) is 0 Å². The number of ether oxygens (including phenoxy) is 1. The Balaban J connectivity index is 1.79. The Morgan fingerprint density at radius 3 is 2.48 bits per heavy atom. The van der Waals surface area contributed by atoms with Crippen LogP contribution in [0.3, 0.4) is 0 Å². The van der Waals surface area contributed by atoms with Crippen LogP contribution in [0.1, 0.15) is 16.8 Å². The monoisotopic (exact) mass is 362 g/mol. The van der Waals surface area contributed by atoms with Gasteiger partial charge in [0.2, 0.25) is 0 Å². The van der Waals surface area contributed by atoms with Crippen LogP contribution in [0.15, 0.2) is 48.8 Å². The van der Waals surface area contributed by atoms with Crippen LogP contribution in [-0.4, -0.2) is 61.6 Å². The minimum Gasteiger partial charge on any atom is -0.383 e. The van der Waals surface area contributed by atoms with Crippen molar-refractivity contribution in [2.75, 3.05) is 31.8 Å². The fourth-order valence-electron chi connectivity index (χ4n) is 3.11. The van der Waals surface area contributed by atoms with Gasteiger partial charge in [-0.15, -0.1) is 0 Å². The van der Waals surface area contributed by atoms with Gasteiger partial charge in [-0.1, -0.05) is 0 Å². The molecule has 0 N–H and O–H groups in total. The van der Waals surface area contributed by atoms with Gasteiger partial charge in [-0.2, -0.15) is 0 Å². The lowest BCUT2D eigenvalue weighted by molar-refractivity contribution is 0.0624. The number of methoxy groups -OCH3 is 1. The van der Waals surface area contributed by atoms with Crippen molar-refractivity contribution in [2.45, 2.75) is 12.5 Å². The molecule has 1 saturated heterocycles. The minimum absolute atomic E-state index is 0.0317. The van der Waals surface area contributed by atoms with E-state index in [0.29, 0.717) is 25.1 Å². The van der Waals surface area contributed by atoms with Gasteiger partial charge in [0, 0.05) is 43.3 Å². The zero-order valence-electron chi connectivity index (χ0n) is 14.2. The molecule has 25 heavy (non-hydrogen) atoms. The Morgan fingerprint density at radius 1 is 1.24 bits per heavy atom. The number of benzene rings is 1. The van der Waals surface area contributed by atoms with Crippen molar-refractivity contribution < 1.29 is 17.9 Å². The molecule has 1 aromatic carbocycles. The quantitative estimate of drug-likeness (QED) is 0.785. The van der Waals surface area contributed by atoms with Gasteiger partial charge in [0.05, 0.1) is 18.1 Å². The van der Waals surface area contributed by atoms with Gasteiger partial charge in [0.25, 0.3) is 5.91 Å². The molecule has 1 fully saturated rings. The summed E-state index contributed by atoms with van der Waals surface area (Å²) in [5.74, 6) is 0.0171. The third kappa shape index (κ3) is 4.11. The molecule has 0 saturated carbocycles. The van der Waals surface area contributed by atoms with E-state index >= 15 is 0 Å². The molecule has 7 heteroatoms. The number of amides is 1. The van der Waals surface area contributed by atoms with Crippen molar-refractivity contribution in [1.82, 2.24) is 9.47 Å². The highest BCUT2D eigenvalue weighted by Crippen LogP contribution is 2.20. The van der Waals surface area contributed by atoms with E-state index in [-0.39, 0.29) is 23.5 Å². The number of hydrogen-bond donors (Lipinski definition) is 0. The average molecular weight is 362 g/mol. The lowest BCUT2D eigenvalue weighted by Crippen LogP contribution is -2.43. The first-order valence-corrected chi connectivity index (χ1v) is 10.1. The lowest BCUT2D eigenvalue weighted by atomic mass is 10.1. The van der Waals surface area contributed by atoms with Crippen molar-refractivity contribution in [3.63, 3.8) is 0 Å². The Hall–Kier alpha value is -2.12. The van der Waals surface area contributed by atoms with Crippen LogP contribution in [0.25, 0.3) is 5.69 Å². The van der Waals surface area contributed by atoms with Gasteiger partial charge < -0.3 is 14.2 Å². The Morgan fingerprint density at radius 2 is 1.92 bits per heavy atom. The van der Waals surface area contributed by atoms with Crippen molar-refractivity contribution in [3.8, 4) is 5.69 Å². The smallest absolute Gasteiger partial charge is 0.254 e. The van der Waals surface area contributed by atoms with Crippen molar-refractivity contribution in [3.05, 3.63) is 54.4 Å². The van der Waals surface area contributed by atoms with Crippen molar-refractivity contribution >= 4 is 15.7 Å². The first kappa shape index (κ1) is 17.7. The summed E-state index contributed by atoms with van der Waals surface area (Å²) in [7, 11) is -1.49. The number of hydrogen-bond acceptors (Lipinski definition) is 4. The van der Waals surface area contributed by atoms with Gasteiger partial charge in [0.1, 0.15) is 0 Å². The molecule has 0 aliphatic carbocycles. The molecule has 1 unspecified atom stereocenters. The van der Waals surface area contributed by atoms with Crippen LogP contribution in [0.4, 0.5) is 0 Å². The van der Waals surface area contributed by atoms with Gasteiger partial charge in [-0.25, -0.2) is 8.42 Å². The maximum atomic E-state index is 12.9. The molecule has 3 rings (SSSR count). The molecule has 2 aromatic rings. The highest BCUT2D eigenvalue weighted by atomic mass is 32.2. The van der Waals surface area contributed by atoms with Crippen LogP contribution in [-0.2, 0) is 14.6 Å². The maximum Gasteiger partial charge on any atom is 0.254 e. The fourth-order valence-corrected chi connectivity index (χ4v) is 4.84. The van der Waals surface area contributed by atoms with E-state index in [1.807, 2.05) is 41.2 Å². The van der Waals surface area contributed by atoms with Crippen LogP contribution in [0.5, 0.6) is 0 Å². The predicted molar refractivity (Wildman–Crippen MR) is 95.7 cm³/mol. The van der Waals surface area contributed by atoms with Crippen LogP contribution >= 0.6 is 0 Å². The summed E-state index contributed by atoms with van der Waals surface area (Å²) < 4.78 is 30.6. The van der Waals surface area contributed by atoms with Gasteiger partial charge in [0.15, 0.2) is 9.84 Å². The summed E-state index contributed by atoms with van der Waals surface area (Å²) in [6.45, 7) is 0.763. The summed E-state index contributed by atoms with van der Waals surface area (Å²) in [6, 6.07) is 10.9. The Bertz CT molecular complexity index is 813. The molecule has 2 heterocycles. The normalized spacial score (nSPS) is 19.0. The second-order valence-corrected chi connectivity index (χ2v) is 8.41. The van der Waals surface area contributed by atoms with E-state index in [4.69, 9.17) is 4.74 Å². The van der Waals surface area contributed by atoms with Gasteiger partial charge in [-0.05, 0) is 42.8 Å². The van der Waals surface area contributed by atoms with Crippen molar-refractivity contribution in [2.24, 2.45) is 0 Å². The molecule has 134 valence electrons. The predicted octanol–water partition coefficient (Wildman–Crippen LogP) is 1.75. The third-order valence-corrected chi connectivity index (χ3v) is 6.21. The number of carbonyl (C=O) groups is 1. The molecule has 0 radical (unpaired) electrons. The van der Waals surface area contributed by atoms with E-state index < -0.39 is 9.84 Å². The second kappa shape index (κ2) is 7.41. The molecule has 1 amide bonds. The lowest BCUT2D eigenvalue weighted by Gasteiger charge is -2.28. The summed E-state index contributed by atoms with van der Waals surface area (Å²) in [5, 5.41) is 0. The largest absolute Gasteiger partial charge is 0.383 e. The molecule has 1 aromatic heterocycles. The van der Waals surface area contributed by atoms with Crippen LogP contribution in [0, 0.1) is 0 Å². The van der Waals surface area contributed by atoms with Crippen LogP contribution < -0.4 is 0 Å². The molecular weight excluding hydrogens is 340 g/mol. The molecule has 1 aliphatic heterocycles. The number of sulfone groups is 1. The molecule has 6 nitrogen and oxygen atoms in total. The molecular formula is C18H22N2O4S. The maximum absolute atomic E-state index is 12.9. The number of nitrogens with zero attached hydrogens (tertiary/aromatic N) is 2. The Labute approximate surface area is 147 Å². The second-order valence-electron chi connectivity index (χ2n) is 6.19. The zero-order chi connectivity index (χ0) is 17.9. The highest BCUT2D eigenvalue weighted by Gasteiger charge is 2.34. The first-order valence-electron chi connectivity index (χ1n) is 8.24. The van der Waals surface area contributed by atoms with Crippen molar-refractivity contribution in [1.29, 1.82) is 0 Å². The van der Waals surface area contributed by atoms with E-state index in [1.165, 1.54) is 0 Å². The molecule has 1 atom stereocenters. The zero-order valence-corrected chi connectivity index (χ0v) is 15.0. The summed E-state index contributed by atoms with van der Waals surface area (Å²) >= 11 is 0. The fraction of sp³-hybridized carbons (Fsp3) is 0.389. The number of rotatable bonds is 6. The van der Waals surface area contributed by atoms with Gasteiger partial charge in [-0.3, -0.25) is 4.79 Å². The Kier molecular flexibility index (Phi) is 5.24. The highest BCUT2D eigenvalue weighted by molar-refractivity contribution is 7.91. The number of carbonyl (C=O) groups excluding carboxylic acids is 1. The topological polar surface area (TPSA) is 68.6 Å². The van der Waals surface area contributed by atoms with Gasteiger partial charge >= 0.3 is 0 Å². The first-order chi connectivity index (χ1) is 12.0. The average Bonchev–Trinajstić information content (AvgIpc) is 3.25. The molecule has 1 aliphatic rings.